The summed E-state index contributed by atoms with van der Waals surface area (Å²) in [5.41, 5.74) is 3.02. The van der Waals surface area contributed by atoms with Gasteiger partial charge in [-0.1, -0.05) is 48.9 Å². The van der Waals surface area contributed by atoms with E-state index in [4.69, 9.17) is 0 Å². The van der Waals surface area contributed by atoms with Crippen molar-refractivity contribution in [2.45, 2.75) is 52.4 Å². The third-order valence-corrected chi connectivity index (χ3v) is 3.38. The van der Waals surface area contributed by atoms with Gasteiger partial charge in [0.1, 0.15) is 0 Å². The van der Waals surface area contributed by atoms with E-state index >= 15 is 0 Å². The minimum Gasteiger partial charge on any atom is -0.0887 e. The van der Waals surface area contributed by atoms with E-state index in [-0.39, 0.29) is 0 Å². The van der Waals surface area contributed by atoms with Crippen LogP contribution in [0.15, 0.2) is 42.0 Å². The van der Waals surface area contributed by atoms with Gasteiger partial charge in [-0.05, 0) is 51.0 Å². The Morgan fingerprint density at radius 2 is 1.94 bits per heavy atom. The van der Waals surface area contributed by atoms with Gasteiger partial charge < -0.3 is 0 Å². The third kappa shape index (κ3) is 4.22. The molecule has 16 heavy (non-hydrogen) atoms. The van der Waals surface area contributed by atoms with Gasteiger partial charge in [0.05, 0.1) is 0 Å². The Kier molecular flexibility index (Phi) is 5.92. The van der Waals surface area contributed by atoms with Gasteiger partial charge in [0.2, 0.25) is 0 Å². The summed E-state index contributed by atoms with van der Waals surface area (Å²) in [7, 11) is 0. The molecule has 0 saturated carbocycles. The second kappa shape index (κ2) is 7.27. The Balaban J connectivity index is 2.44. The Morgan fingerprint density at radius 3 is 2.50 bits per heavy atom. The largest absolute Gasteiger partial charge is 0.0887 e. The molecule has 88 valence electrons. The summed E-state index contributed by atoms with van der Waals surface area (Å²) in [6.07, 6.45) is 7.34. The van der Waals surface area contributed by atoms with Gasteiger partial charge >= 0.3 is 0 Å². The summed E-state index contributed by atoms with van der Waals surface area (Å²) in [6.45, 7) is 6.65. The highest BCUT2D eigenvalue weighted by Gasteiger charge is 2.07. The molecule has 0 aliphatic carbocycles. The molecule has 0 aromatic heterocycles. The third-order valence-electron chi connectivity index (χ3n) is 3.38. The van der Waals surface area contributed by atoms with Crippen LogP contribution in [0.1, 0.15) is 57.9 Å². The maximum absolute atomic E-state index is 2.29. The Hall–Kier alpha value is -1.04. The number of hydrogen-bond acceptors (Lipinski definition) is 0. The highest BCUT2D eigenvalue weighted by molar-refractivity contribution is 5.19. The first kappa shape index (κ1) is 13.0. The summed E-state index contributed by atoms with van der Waals surface area (Å²) in [5.74, 6) is 0.742. The van der Waals surface area contributed by atoms with Gasteiger partial charge in [0, 0.05) is 0 Å². The van der Waals surface area contributed by atoms with Gasteiger partial charge in [-0.25, -0.2) is 0 Å². The van der Waals surface area contributed by atoms with Crippen molar-refractivity contribution in [1.82, 2.24) is 0 Å². The van der Waals surface area contributed by atoms with Crippen LogP contribution >= 0.6 is 0 Å². The van der Waals surface area contributed by atoms with E-state index in [0.29, 0.717) is 0 Å². The van der Waals surface area contributed by atoms with E-state index in [0.717, 1.165) is 5.92 Å². The van der Waals surface area contributed by atoms with E-state index in [1.807, 2.05) is 0 Å². The zero-order chi connectivity index (χ0) is 11.8. The summed E-state index contributed by atoms with van der Waals surface area (Å²) < 4.78 is 0. The first-order valence-corrected chi connectivity index (χ1v) is 6.44. The highest BCUT2D eigenvalue weighted by Crippen LogP contribution is 2.25. The predicted molar refractivity (Wildman–Crippen MR) is 72.8 cm³/mol. The van der Waals surface area contributed by atoms with E-state index in [1.165, 1.54) is 36.8 Å². The molecule has 1 atom stereocenters. The fraction of sp³-hybridized carbons (Fsp3) is 0.500. The monoisotopic (exact) mass is 216 g/mol. The summed E-state index contributed by atoms with van der Waals surface area (Å²) in [5, 5.41) is 0. The molecule has 0 spiro atoms. The van der Waals surface area contributed by atoms with Gasteiger partial charge in [0.15, 0.2) is 0 Å². The van der Waals surface area contributed by atoms with Crippen molar-refractivity contribution in [1.29, 1.82) is 0 Å². The normalized spacial score (nSPS) is 13.8. The Morgan fingerprint density at radius 1 is 1.25 bits per heavy atom. The molecule has 1 aromatic carbocycles. The van der Waals surface area contributed by atoms with Gasteiger partial charge in [0.25, 0.3) is 0 Å². The molecule has 0 nitrogen and oxygen atoms in total. The zero-order valence-electron chi connectivity index (χ0n) is 10.9. The minimum atomic E-state index is 0.742. The smallest absolute Gasteiger partial charge is 0.0164 e. The lowest BCUT2D eigenvalue weighted by Crippen LogP contribution is -1.97. The molecule has 0 bridgehead atoms. The summed E-state index contributed by atoms with van der Waals surface area (Å²) in [4.78, 5) is 0. The van der Waals surface area contributed by atoms with Crippen molar-refractivity contribution in [3.8, 4) is 0 Å². The SMILES string of the molecule is CC=C(C)CCCC(CC)c1ccccc1. The van der Waals surface area contributed by atoms with Crippen LogP contribution in [0.5, 0.6) is 0 Å². The van der Waals surface area contributed by atoms with Crippen LogP contribution in [0.3, 0.4) is 0 Å². The molecule has 0 fully saturated rings. The number of rotatable bonds is 6. The number of benzene rings is 1. The van der Waals surface area contributed by atoms with E-state index in [9.17, 15) is 0 Å². The van der Waals surface area contributed by atoms with Crippen molar-refractivity contribution >= 4 is 0 Å². The van der Waals surface area contributed by atoms with Crippen molar-refractivity contribution in [3.63, 3.8) is 0 Å². The second-order valence-corrected chi connectivity index (χ2v) is 4.54. The topological polar surface area (TPSA) is 0 Å². The molecule has 1 rings (SSSR count). The molecule has 0 saturated heterocycles. The lowest BCUT2D eigenvalue weighted by Gasteiger charge is -2.15. The molecule has 0 aliphatic heterocycles. The van der Waals surface area contributed by atoms with Crippen LogP contribution in [-0.4, -0.2) is 0 Å². The lowest BCUT2D eigenvalue weighted by molar-refractivity contribution is 0.574. The van der Waals surface area contributed by atoms with Crippen LogP contribution in [0.2, 0.25) is 0 Å². The zero-order valence-corrected chi connectivity index (χ0v) is 10.9. The van der Waals surface area contributed by atoms with Crippen molar-refractivity contribution in [2.24, 2.45) is 0 Å². The van der Waals surface area contributed by atoms with Crippen LogP contribution in [0.25, 0.3) is 0 Å². The highest BCUT2D eigenvalue weighted by atomic mass is 14.1. The van der Waals surface area contributed by atoms with Crippen LogP contribution < -0.4 is 0 Å². The van der Waals surface area contributed by atoms with E-state index < -0.39 is 0 Å². The second-order valence-electron chi connectivity index (χ2n) is 4.54. The summed E-state index contributed by atoms with van der Waals surface area (Å²) in [6, 6.07) is 10.9. The fourth-order valence-corrected chi connectivity index (χ4v) is 2.10. The van der Waals surface area contributed by atoms with Crippen molar-refractivity contribution in [3.05, 3.63) is 47.5 Å². The van der Waals surface area contributed by atoms with Gasteiger partial charge in [-0.15, -0.1) is 0 Å². The molecule has 0 heterocycles. The molecule has 0 radical (unpaired) electrons. The summed E-state index contributed by atoms with van der Waals surface area (Å²) >= 11 is 0. The molecule has 0 aliphatic rings. The molecule has 0 N–H and O–H groups in total. The standard InChI is InChI=1S/C16H24/c1-4-14(3)10-9-13-15(5-2)16-11-7-6-8-12-16/h4,6-8,11-12,15H,5,9-10,13H2,1-3H3. The first-order chi connectivity index (χ1) is 7.77. The fourth-order valence-electron chi connectivity index (χ4n) is 2.10. The van der Waals surface area contributed by atoms with E-state index in [2.05, 4.69) is 57.2 Å². The average Bonchev–Trinajstić information content (AvgIpc) is 2.35. The first-order valence-electron chi connectivity index (χ1n) is 6.44. The number of hydrogen-bond donors (Lipinski definition) is 0. The Labute approximate surface area is 100 Å². The molecule has 1 unspecified atom stereocenters. The van der Waals surface area contributed by atoms with Crippen molar-refractivity contribution < 1.29 is 0 Å². The van der Waals surface area contributed by atoms with Crippen LogP contribution in [0.4, 0.5) is 0 Å². The molecular weight excluding hydrogens is 192 g/mol. The van der Waals surface area contributed by atoms with Gasteiger partial charge in [-0.3, -0.25) is 0 Å². The minimum absolute atomic E-state index is 0.742. The predicted octanol–water partition coefficient (Wildman–Crippen LogP) is 5.32. The molecular formula is C16H24. The van der Waals surface area contributed by atoms with Gasteiger partial charge in [-0.2, -0.15) is 0 Å². The molecule has 1 aromatic rings. The quantitative estimate of drug-likeness (QED) is 0.565. The maximum atomic E-state index is 2.29. The van der Waals surface area contributed by atoms with E-state index in [1.54, 1.807) is 0 Å². The molecule has 0 amide bonds. The van der Waals surface area contributed by atoms with Crippen LogP contribution in [-0.2, 0) is 0 Å². The molecule has 0 heteroatoms. The maximum Gasteiger partial charge on any atom is -0.0164 e. The lowest BCUT2D eigenvalue weighted by atomic mass is 9.90. The Bertz CT molecular complexity index is 308. The van der Waals surface area contributed by atoms with Crippen molar-refractivity contribution in [2.75, 3.05) is 0 Å². The van der Waals surface area contributed by atoms with Crippen LogP contribution in [0, 0.1) is 0 Å². The number of allylic oxidation sites excluding steroid dienone is 2. The average molecular weight is 216 g/mol.